The minimum atomic E-state index is -0.837. The molecule has 0 aliphatic heterocycles. The first kappa shape index (κ1) is 16.3. The summed E-state index contributed by atoms with van der Waals surface area (Å²) >= 11 is 6.21. The van der Waals surface area contributed by atoms with Crippen molar-refractivity contribution in [3.8, 4) is 11.1 Å². The van der Waals surface area contributed by atoms with E-state index in [1.54, 1.807) is 0 Å². The molecule has 3 N–H and O–H groups in total. The Kier molecular flexibility index (Phi) is 5.00. The molecular formula is C16H17ClFN3O. The molecule has 0 spiro atoms. The van der Waals surface area contributed by atoms with E-state index >= 15 is 0 Å². The number of primary amides is 1. The number of hydrogen-bond donors (Lipinski definition) is 2. The second-order valence-corrected chi connectivity index (χ2v) is 5.65. The molecule has 0 bridgehead atoms. The van der Waals surface area contributed by atoms with Crippen molar-refractivity contribution in [3.63, 3.8) is 0 Å². The lowest BCUT2D eigenvalue weighted by Gasteiger charge is -2.13. The molecule has 6 heteroatoms. The average Bonchev–Trinajstić information content (AvgIpc) is 2.41. The maximum Gasteiger partial charge on any atom is 0.316 e. The Bertz CT molecular complexity index is 704. The number of benzene rings is 2. The van der Waals surface area contributed by atoms with E-state index < -0.39 is 11.8 Å². The summed E-state index contributed by atoms with van der Waals surface area (Å²) in [6.07, 6.45) is 0. The zero-order chi connectivity index (χ0) is 16.3. The summed E-state index contributed by atoms with van der Waals surface area (Å²) in [6.45, 7) is 0.773. The predicted molar refractivity (Wildman–Crippen MR) is 87.4 cm³/mol. The minimum absolute atomic E-state index is 0.0364. The van der Waals surface area contributed by atoms with Gasteiger partial charge in [0.25, 0.3) is 0 Å². The van der Waals surface area contributed by atoms with Crippen LogP contribution in [0.1, 0.15) is 5.56 Å². The van der Waals surface area contributed by atoms with E-state index in [1.165, 1.54) is 12.1 Å². The molecule has 0 radical (unpaired) electrons. The third-order valence-corrected chi connectivity index (χ3v) is 3.36. The van der Waals surface area contributed by atoms with Crippen molar-refractivity contribution in [2.75, 3.05) is 19.4 Å². The number of urea groups is 1. The summed E-state index contributed by atoms with van der Waals surface area (Å²) in [5.74, 6) is -0.587. The summed E-state index contributed by atoms with van der Waals surface area (Å²) in [6, 6.07) is 9.53. The van der Waals surface area contributed by atoms with Crippen molar-refractivity contribution in [1.82, 2.24) is 4.90 Å². The number of hydrogen-bond acceptors (Lipinski definition) is 2. The van der Waals surface area contributed by atoms with E-state index in [1.807, 2.05) is 43.3 Å². The lowest BCUT2D eigenvalue weighted by molar-refractivity contribution is 0.259. The monoisotopic (exact) mass is 321 g/mol. The second-order valence-electron chi connectivity index (χ2n) is 5.24. The van der Waals surface area contributed by atoms with E-state index in [9.17, 15) is 9.18 Å². The number of nitrogens with one attached hydrogen (secondary N) is 1. The molecule has 4 nitrogen and oxygen atoms in total. The van der Waals surface area contributed by atoms with Crippen LogP contribution in [0.4, 0.5) is 14.9 Å². The third kappa shape index (κ3) is 3.96. The van der Waals surface area contributed by atoms with Gasteiger partial charge in [0.15, 0.2) is 0 Å². The van der Waals surface area contributed by atoms with Crippen molar-refractivity contribution in [3.05, 3.63) is 52.8 Å². The molecule has 0 atom stereocenters. The van der Waals surface area contributed by atoms with Gasteiger partial charge in [0, 0.05) is 12.1 Å². The molecule has 22 heavy (non-hydrogen) atoms. The van der Waals surface area contributed by atoms with Crippen molar-refractivity contribution < 1.29 is 9.18 Å². The molecular weight excluding hydrogens is 305 g/mol. The number of anilines is 1. The fourth-order valence-corrected chi connectivity index (χ4v) is 2.47. The number of rotatable bonds is 4. The van der Waals surface area contributed by atoms with Crippen LogP contribution in [0.2, 0.25) is 5.02 Å². The molecule has 116 valence electrons. The highest BCUT2D eigenvalue weighted by atomic mass is 35.5. The van der Waals surface area contributed by atoms with E-state index in [0.29, 0.717) is 10.6 Å². The zero-order valence-electron chi connectivity index (χ0n) is 12.4. The molecule has 0 saturated carbocycles. The Morgan fingerprint density at radius 2 is 2.05 bits per heavy atom. The molecule has 0 fully saturated rings. The van der Waals surface area contributed by atoms with E-state index in [2.05, 4.69) is 5.32 Å². The van der Waals surface area contributed by atoms with Crippen LogP contribution in [-0.4, -0.2) is 25.0 Å². The number of nitrogens with zero attached hydrogens (tertiary/aromatic N) is 1. The fourth-order valence-electron chi connectivity index (χ4n) is 2.20. The van der Waals surface area contributed by atoms with Crippen LogP contribution in [-0.2, 0) is 6.54 Å². The zero-order valence-corrected chi connectivity index (χ0v) is 13.1. The van der Waals surface area contributed by atoms with Crippen molar-refractivity contribution in [2.24, 2.45) is 5.73 Å². The van der Waals surface area contributed by atoms with Gasteiger partial charge in [-0.15, -0.1) is 0 Å². The van der Waals surface area contributed by atoms with E-state index in [4.69, 9.17) is 17.3 Å². The maximum absolute atomic E-state index is 14.0. The summed E-state index contributed by atoms with van der Waals surface area (Å²) in [5, 5.41) is 2.54. The van der Waals surface area contributed by atoms with Gasteiger partial charge < -0.3 is 16.0 Å². The SMILES string of the molecule is CN(C)Cc1cccc(-c2cc(F)c(NC(N)=O)cc2Cl)c1. The van der Waals surface area contributed by atoms with Gasteiger partial charge >= 0.3 is 6.03 Å². The van der Waals surface area contributed by atoms with Crippen LogP contribution in [0.5, 0.6) is 0 Å². The number of nitrogens with two attached hydrogens (primary N) is 1. The minimum Gasteiger partial charge on any atom is -0.351 e. The topological polar surface area (TPSA) is 58.4 Å². The molecule has 2 aromatic carbocycles. The van der Waals surface area contributed by atoms with Gasteiger partial charge in [-0.2, -0.15) is 0 Å². The van der Waals surface area contributed by atoms with Gasteiger partial charge in [-0.05, 0) is 43.4 Å². The quantitative estimate of drug-likeness (QED) is 0.902. The predicted octanol–water partition coefficient (Wildman–Crippen LogP) is 3.70. The number of halogens is 2. The Balaban J connectivity index is 2.40. The summed E-state index contributed by atoms with van der Waals surface area (Å²) in [7, 11) is 3.95. The third-order valence-electron chi connectivity index (χ3n) is 3.05. The Morgan fingerprint density at radius 1 is 1.32 bits per heavy atom. The van der Waals surface area contributed by atoms with Crippen LogP contribution < -0.4 is 11.1 Å². The van der Waals surface area contributed by atoms with Gasteiger partial charge in [0.1, 0.15) is 5.82 Å². The van der Waals surface area contributed by atoms with Crippen LogP contribution in [0, 0.1) is 5.82 Å². The van der Waals surface area contributed by atoms with E-state index in [-0.39, 0.29) is 5.69 Å². The highest BCUT2D eigenvalue weighted by Crippen LogP contribution is 2.33. The van der Waals surface area contributed by atoms with Gasteiger partial charge in [-0.3, -0.25) is 0 Å². The largest absolute Gasteiger partial charge is 0.351 e. The molecule has 2 rings (SSSR count). The Morgan fingerprint density at radius 3 is 2.68 bits per heavy atom. The first-order chi connectivity index (χ1) is 10.4. The Labute approximate surface area is 133 Å². The lowest BCUT2D eigenvalue weighted by Crippen LogP contribution is -2.20. The molecule has 0 heterocycles. The van der Waals surface area contributed by atoms with Crippen molar-refractivity contribution in [2.45, 2.75) is 6.54 Å². The van der Waals surface area contributed by atoms with Gasteiger partial charge in [0.2, 0.25) is 0 Å². The van der Waals surface area contributed by atoms with Crippen LogP contribution in [0.3, 0.4) is 0 Å². The fraction of sp³-hybridized carbons (Fsp3) is 0.188. The normalized spacial score (nSPS) is 10.8. The number of carbonyl (C=O) groups is 1. The molecule has 2 amide bonds. The molecule has 0 aliphatic carbocycles. The molecule has 0 aromatic heterocycles. The smallest absolute Gasteiger partial charge is 0.316 e. The average molecular weight is 322 g/mol. The van der Waals surface area contributed by atoms with Crippen molar-refractivity contribution >= 4 is 23.3 Å². The maximum atomic E-state index is 14.0. The van der Waals surface area contributed by atoms with Crippen molar-refractivity contribution in [1.29, 1.82) is 0 Å². The summed E-state index contributed by atoms with van der Waals surface area (Å²) in [5.41, 5.74) is 7.43. The van der Waals surface area contributed by atoms with Crippen LogP contribution >= 0.6 is 11.6 Å². The van der Waals surface area contributed by atoms with Gasteiger partial charge in [-0.1, -0.05) is 29.8 Å². The van der Waals surface area contributed by atoms with Crippen LogP contribution in [0.25, 0.3) is 11.1 Å². The highest BCUT2D eigenvalue weighted by Gasteiger charge is 2.12. The first-order valence-electron chi connectivity index (χ1n) is 6.66. The van der Waals surface area contributed by atoms with Gasteiger partial charge in [0.05, 0.1) is 10.7 Å². The summed E-state index contributed by atoms with van der Waals surface area (Å²) < 4.78 is 14.0. The highest BCUT2D eigenvalue weighted by molar-refractivity contribution is 6.33. The van der Waals surface area contributed by atoms with Crippen LogP contribution in [0.15, 0.2) is 36.4 Å². The first-order valence-corrected chi connectivity index (χ1v) is 7.04. The van der Waals surface area contributed by atoms with E-state index in [0.717, 1.165) is 17.7 Å². The second kappa shape index (κ2) is 6.77. The molecule has 0 aliphatic rings. The molecule has 2 aromatic rings. The Hall–Kier alpha value is -2.11. The molecule has 0 unspecified atom stereocenters. The van der Waals surface area contributed by atoms with Gasteiger partial charge in [-0.25, -0.2) is 9.18 Å². The lowest BCUT2D eigenvalue weighted by atomic mass is 10.0. The number of amides is 2. The standard InChI is InChI=1S/C16H17ClFN3O/c1-21(2)9-10-4-3-5-11(6-10)12-7-14(18)15(8-13(12)17)20-16(19)22/h3-8H,9H2,1-2H3,(H3,19,20,22). The molecule has 0 saturated heterocycles. The number of carbonyl (C=O) groups excluding carboxylic acids is 1. The summed E-state index contributed by atoms with van der Waals surface area (Å²) in [4.78, 5) is 12.9.